The highest BCUT2D eigenvalue weighted by Gasteiger charge is 2.14. The molecule has 2 rings (SSSR count). The van der Waals surface area contributed by atoms with Gasteiger partial charge in [-0.2, -0.15) is 0 Å². The summed E-state index contributed by atoms with van der Waals surface area (Å²) in [5, 5.41) is 5.48. The number of hydrogen-bond acceptors (Lipinski definition) is 4. The number of benzene rings is 2. The summed E-state index contributed by atoms with van der Waals surface area (Å²) in [5.74, 6) is 1.32. The van der Waals surface area contributed by atoms with Crippen LogP contribution in [0.1, 0.15) is 43.4 Å². The average molecular weight is 413 g/mol. The second kappa shape index (κ2) is 11.2. The first kappa shape index (κ1) is 23.3. The van der Waals surface area contributed by atoms with Crippen LogP contribution in [0.5, 0.6) is 11.5 Å². The predicted octanol–water partition coefficient (Wildman–Crippen LogP) is 3.51. The van der Waals surface area contributed by atoms with Crippen molar-refractivity contribution >= 4 is 11.8 Å². The third-order valence-corrected chi connectivity index (χ3v) is 4.66. The molecule has 0 heterocycles. The minimum Gasteiger partial charge on any atom is -0.484 e. The van der Waals surface area contributed by atoms with E-state index in [0.29, 0.717) is 30.5 Å². The average Bonchev–Trinajstić information content (AvgIpc) is 2.70. The summed E-state index contributed by atoms with van der Waals surface area (Å²) < 4.78 is 11.2. The van der Waals surface area contributed by atoms with Crippen molar-refractivity contribution in [2.45, 2.75) is 46.6 Å². The SMILES string of the molecule is Cc1ccc(OCC(=O)NCCNC(=O)C(C)Oc2ccc(C(C)C)cc2)c(C)c1. The van der Waals surface area contributed by atoms with Crippen LogP contribution in [0.2, 0.25) is 0 Å². The largest absolute Gasteiger partial charge is 0.484 e. The molecule has 2 aromatic carbocycles. The molecular formula is C24H32N2O4. The Morgan fingerprint density at radius 2 is 1.60 bits per heavy atom. The summed E-state index contributed by atoms with van der Waals surface area (Å²) in [7, 11) is 0. The van der Waals surface area contributed by atoms with Gasteiger partial charge in [0.15, 0.2) is 12.7 Å². The van der Waals surface area contributed by atoms with Crippen LogP contribution < -0.4 is 20.1 Å². The lowest BCUT2D eigenvalue weighted by molar-refractivity contribution is -0.127. The molecule has 30 heavy (non-hydrogen) atoms. The van der Waals surface area contributed by atoms with Gasteiger partial charge in [-0.25, -0.2) is 0 Å². The van der Waals surface area contributed by atoms with E-state index in [4.69, 9.17) is 9.47 Å². The third kappa shape index (κ3) is 7.43. The van der Waals surface area contributed by atoms with Crippen molar-refractivity contribution in [2.24, 2.45) is 0 Å². The Morgan fingerprint density at radius 3 is 2.23 bits per heavy atom. The van der Waals surface area contributed by atoms with Gasteiger partial charge in [0.25, 0.3) is 11.8 Å². The van der Waals surface area contributed by atoms with Gasteiger partial charge in [0, 0.05) is 13.1 Å². The summed E-state index contributed by atoms with van der Waals surface area (Å²) >= 11 is 0. The zero-order chi connectivity index (χ0) is 22.1. The van der Waals surface area contributed by atoms with Crippen LogP contribution in [0.3, 0.4) is 0 Å². The van der Waals surface area contributed by atoms with Gasteiger partial charge in [0.05, 0.1) is 0 Å². The molecule has 0 aliphatic carbocycles. The van der Waals surface area contributed by atoms with Gasteiger partial charge in [-0.15, -0.1) is 0 Å². The van der Waals surface area contributed by atoms with Crippen molar-refractivity contribution < 1.29 is 19.1 Å². The highest BCUT2D eigenvalue weighted by atomic mass is 16.5. The van der Waals surface area contributed by atoms with E-state index in [0.717, 1.165) is 11.1 Å². The zero-order valence-electron chi connectivity index (χ0n) is 18.5. The molecule has 6 heteroatoms. The van der Waals surface area contributed by atoms with Crippen molar-refractivity contribution in [3.05, 3.63) is 59.2 Å². The second-order valence-electron chi connectivity index (χ2n) is 7.68. The summed E-state index contributed by atoms with van der Waals surface area (Å²) in [6, 6.07) is 13.5. The first-order valence-corrected chi connectivity index (χ1v) is 10.3. The molecule has 0 aliphatic heterocycles. The number of hydrogen-bond donors (Lipinski definition) is 2. The molecule has 0 aliphatic rings. The van der Waals surface area contributed by atoms with Gasteiger partial charge in [-0.3, -0.25) is 9.59 Å². The summed E-state index contributed by atoms with van der Waals surface area (Å²) in [5.41, 5.74) is 3.35. The molecule has 2 aromatic rings. The molecule has 1 unspecified atom stereocenters. The van der Waals surface area contributed by atoms with Crippen LogP contribution in [0.25, 0.3) is 0 Å². The Hall–Kier alpha value is -3.02. The van der Waals surface area contributed by atoms with Crippen molar-refractivity contribution in [1.29, 1.82) is 0 Å². The van der Waals surface area contributed by atoms with E-state index < -0.39 is 6.10 Å². The van der Waals surface area contributed by atoms with E-state index in [-0.39, 0.29) is 18.4 Å². The summed E-state index contributed by atoms with van der Waals surface area (Å²) in [4.78, 5) is 24.1. The maximum absolute atomic E-state index is 12.2. The fraction of sp³-hybridized carbons (Fsp3) is 0.417. The van der Waals surface area contributed by atoms with Crippen LogP contribution in [-0.2, 0) is 9.59 Å². The first-order valence-electron chi connectivity index (χ1n) is 10.3. The first-order chi connectivity index (χ1) is 14.3. The van der Waals surface area contributed by atoms with Crippen LogP contribution in [0, 0.1) is 13.8 Å². The van der Waals surface area contributed by atoms with Gasteiger partial charge in [0.2, 0.25) is 0 Å². The summed E-state index contributed by atoms with van der Waals surface area (Å²) in [6.07, 6.45) is -0.626. The Morgan fingerprint density at radius 1 is 0.933 bits per heavy atom. The molecule has 2 amide bonds. The van der Waals surface area contributed by atoms with E-state index in [1.54, 1.807) is 6.92 Å². The number of nitrogens with one attached hydrogen (secondary N) is 2. The highest BCUT2D eigenvalue weighted by Crippen LogP contribution is 2.20. The van der Waals surface area contributed by atoms with Gasteiger partial charge in [-0.1, -0.05) is 43.7 Å². The second-order valence-corrected chi connectivity index (χ2v) is 7.68. The van der Waals surface area contributed by atoms with Crippen LogP contribution in [0.4, 0.5) is 0 Å². The number of ether oxygens (including phenoxy) is 2. The van der Waals surface area contributed by atoms with Gasteiger partial charge in [-0.05, 0) is 56.0 Å². The Bertz CT molecular complexity index is 847. The standard InChI is InChI=1S/C24H32N2O4/c1-16(2)20-7-9-21(10-8-20)30-19(5)24(28)26-13-12-25-23(27)15-29-22-11-6-17(3)14-18(22)4/h6-11,14,16,19H,12-13,15H2,1-5H3,(H,25,27)(H,26,28). The van der Waals surface area contributed by atoms with Crippen molar-refractivity contribution in [3.63, 3.8) is 0 Å². The Labute approximate surface area is 179 Å². The fourth-order valence-electron chi connectivity index (χ4n) is 2.88. The van der Waals surface area contributed by atoms with Crippen molar-refractivity contribution in [2.75, 3.05) is 19.7 Å². The molecule has 6 nitrogen and oxygen atoms in total. The van der Waals surface area contributed by atoms with E-state index >= 15 is 0 Å². The van der Waals surface area contributed by atoms with E-state index in [1.807, 2.05) is 56.3 Å². The van der Waals surface area contributed by atoms with Crippen LogP contribution in [-0.4, -0.2) is 37.6 Å². The van der Waals surface area contributed by atoms with Crippen molar-refractivity contribution in [3.8, 4) is 11.5 Å². The quantitative estimate of drug-likeness (QED) is 0.586. The molecule has 0 saturated carbocycles. The molecule has 0 spiro atoms. The topological polar surface area (TPSA) is 76.7 Å². The third-order valence-electron chi connectivity index (χ3n) is 4.66. The lowest BCUT2D eigenvalue weighted by Gasteiger charge is -2.16. The van der Waals surface area contributed by atoms with Crippen molar-refractivity contribution in [1.82, 2.24) is 10.6 Å². The molecular weight excluding hydrogens is 380 g/mol. The molecule has 0 saturated heterocycles. The maximum Gasteiger partial charge on any atom is 0.260 e. The molecule has 0 fully saturated rings. The van der Waals surface area contributed by atoms with Gasteiger partial charge < -0.3 is 20.1 Å². The predicted molar refractivity (Wildman–Crippen MR) is 118 cm³/mol. The zero-order valence-corrected chi connectivity index (χ0v) is 18.5. The Kier molecular flexibility index (Phi) is 8.71. The molecule has 2 N–H and O–H groups in total. The van der Waals surface area contributed by atoms with E-state index in [1.165, 1.54) is 5.56 Å². The molecule has 0 aromatic heterocycles. The maximum atomic E-state index is 12.2. The normalized spacial score (nSPS) is 11.7. The lowest BCUT2D eigenvalue weighted by atomic mass is 10.0. The number of carbonyl (C=O) groups is 2. The van der Waals surface area contributed by atoms with Crippen LogP contribution in [0.15, 0.2) is 42.5 Å². The molecule has 0 radical (unpaired) electrons. The number of amides is 2. The minimum absolute atomic E-state index is 0.0657. The lowest BCUT2D eigenvalue weighted by Crippen LogP contribution is -2.41. The molecule has 0 bridgehead atoms. The number of aryl methyl sites for hydroxylation is 2. The van der Waals surface area contributed by atoms with Gasteiger partial charge in [0.1, 0.15) is 11.5 Å². The van der Waals surface area contributed by atoms with Crippen LogP contribution >= 0.6 is 0 Å². The Balaban J connectivity index is 1.65. The minimum atomic E-state index is -0.626. The number of rotatable bonds is 10. The van der Waals surface area contributed by atoms with E-state index in [2.05, 4.69) is 24.5 Å². The smallest absolute Gasteiger partial charge is 0.260 e. The monoisotopic (exact) mass is 412 g/mol. The van der Waals surface area contributed by atoms with E-state index in [9.17, 15) is 9.59 Å². The molecule has 162 valence electrons. The number of carbonyl (C=O) groups excluding carboxylic acids is 2. The van der Waals surface area contributed by atoms with Gasteiger partial charge >= 0.3 is 0 Å². The fourth-order valence-corrected chi connectivity index (χ4v) is 2.88. The highest BCUT2D eigenvalue weighted by molar-refractivity contribution is 5.81. The molecule has 1 atom stereocenters. The summed E-state index contributed by atoms with van der Waals surface area (Å²) in [6.45, 7) is 10.5.